The zero-order chi connectivity index (χ0) is 12.1. The Hall–Kier alpha value is -1.40. The Kier molecular flexibility index (Phi) is 4.45. The Balaban J connectivity index is 2.49. The SMILES string of the molecule is COC(CNC(=O)c1ccc(C)s1)C(=O)O. The van der Waals surface area contributed by atoms with Gasteiger partial charge in [0.05, 0.1) is 11.4 Å². The first-order valence-corrected chi connectivity index (χ1v) is 5.46. The van der Waals surface area contributed by atoms with E-state index in [1.54, 1.807) is 6.07 Å². The van der Waals surface area contributed by atoms with Gasteiger partial charge in [0.1, 0.15) is 0 Å². The fraction of sp³-hybridized carbons (Fsp3) is 0.400. The molecule has 0 aliphatic rings. The molecular weight excluding hydrogens is 230 g/mol. The normalized spacial score (nSPS) is 12.1. The number of hydrogen-bond donors (Lipinski definition) is 2. The Morgan fingerprint density at radius 2 is 2.25 bits per heavy atom. The predicted molar refractivity (Wildman–Crippen MR) is 59.8 cm³/mol. The van der Waals surface area contributed by atoms with Crippen LogP contribution < -0.4 is 5.32 Å². The summed E-state index contributed by atoms with van der Waals surface area (Å²) in [7, 11) is 1.29. The molecule has 0 saturated carbocycles. The van der Waals surface area contributed by atoms with E-state index in [0.717, 1.165) is 4.88 Å². The van der Waals surface area contributed by atoms with E-state index in [-0.39, 0.29) is 12.5 Å². The molecule has 0 spiro atoms. The number of hydrogen-bond acceptors (Lipinski definition) is 4. The quantitative estimate of drug-likeness (QED) is 0.805. The highest BCUT2D eigenvalue weighted by molar-refractivity contribution is 7.13. The monoisotopic (exact) mass is 243 g/mol. The van der Waals surface area contributed by atoms with Gasteiger partial charge in [-0.15, -0.1) is 11.3 Å². The largest absolute Gasteiger partial charge is 0.479 e. The summed E-state index contributed by atoms with van der Waals surface area (Å²) in [6.07, 6.45) is -1.01. The van der Waals surface area contributed by atoms with Crippen molar-refractivity contribution in [1.29, 1.82) is 0 Å². The molecule has 1 amide bonds. The molecule has 5 nitrogen and oxygen atoms in total. The molecule has 0 fully saturated rings. The van der Waals surface area contributed by atoms with Gasteiger partial charge in [0.2, 0.25) is 0 Å². The summed E-state index contributed by atoms with van der Waals surface area (Å²) < 4.78 is 4.69. The van der Waals surface area contributed by atoms with E-state index in [2.05, 4.69) is 5.32 Å². The molecule has 1 atom stereocenters. The van der Waals surface area contributed by atoms with E-state index >= 15 is 0 Å². The summed E-state index contributed by atoms with van der Waals surface area (Å²) in [5.74, 6) is -1.37. The summed E-state index contributed by atoms with van der Waals surface area (Å²) in [4.78, 5) is 23.8. The molecule has 2 N–H and O–H groups in total. The average Bonchev–Trinajstić information content (AvgIpc) is 2.65. The number of aliphatic carboxylic acids is 1. The molecule has 0 saturated heterocycles. The molecule has 88 valence electrons. The van der Waals surface area contributed by atoms with Crippen LogP contribution in [0, 0.1) is 6.92 Å². The number of carbonyl (C=O) groups is 2. The number of carbonyl (C=O) groups excluding carboxylic acids is 1. The van der Waals surface area contributed by atoms with Crippen molar-refractivity contribution in [3.63, 3.8) is 0 Å². The first-order valence-electron chi connectivity index (χ1n) is 4.65. The number of ether oxygens (including phenoxy) is 1. The fourth-order valence-electron chi connectivity index (χ4n) is 1.10. The molecule has 1 heterocycles. The van der Waals surface area contributed by atoms with Crippen molar-refractivity contribution in [2.45, 2.75) is 13.0 Å². The van der Waals surface area contributed by atoms with Crippen LogP contribution in [0.15, 0.2) is 12.1 Å². The molecule has 1 aromatic rings. The molecule has 1 aromatic heterocycles. The minimum Gasteiger partial charge on any atom is -0.479 e. The third kappa shape index (κ3) is 3.32. The molecule has 0 bridgehead atoms. The summed E-state index contributed by atoms with van der Waals surface area (Å²) >= 11 is 1.36. The van der Waals surface area contributed by atoms with E-state index in [0.29, 0.717) is 4.88 Å². The van der Waals surface area contributed by atoms with Gasteiger partial charge in [0.25, 0.3) is 5.91 Å². The van der Waals surface area contributed by atoms with Crippen LogP contribution in [0.5, 0.6) is 0 Å². The van der Waals surface area contributed by atoms with Crippen molar-refractivity contribution in [3.8, 4) is 0 Å². The molecule has 0 aliphatic heterocycles. The van der Waals surface area contributed by atoms with Gasteiger partial charge in [0.15, 0.2) is 6.10 Å². The van der Waals surface area contributed by atoms with Gasteiger partial charge in [0, 0.05) is 12.0 Å². The van der Waals surface area contributed by atoms with Gasteiger partial charge in [-0.05, 0) is 19.1 Å². The lowest BCUT2D eigenvalue weighted by atomic mass is 10.3. The second-order valence-electron chi connectivity index (χ2n) is 3.18. The minimum absolute atomic E-state index is 0.0401. The fourth-order valence-corrected chi connectivity index (χ4v) is 1.88. The van der Waals surface area contributed by atoms with Crippen molar-refractivity contribution in [2.24, 2.45) is 0 Å². The molecule has 6 heteroatoms. The number of thiophene rings is 1. The topological polar surface area (TPSA) is 75.6 Å². The maximum absolute atomic E-state index is 11.6. The Labute approximate surface area is 97.0 Å². The zero-order valence-corrected chi connectivity index (χ0v) is 9.84. The minimum atomic E-state index is -1.09. The van der Waals surface area contributed by atoms with E-state index < -0.39 is 12.1 Å². The lowest BCUT2D eigenvalue weighted by Gasteiger charge is -2.10. The second kappa shape index (κ2) is 5.62. The van der Waals surface area contributed by atoms with Crippen molar-refractivity contribution in [3.05, 3.63) is 21.9 Å². The molecule has 16 heavy (non-hydrogen) atoms. The van der Waals surface area contributed by atoms with E-state index in [1.807, 2.05) is 13.0 Å². The van der Waals surface area contributed by atoms with Crippen LogP contribution in [-0.4, -0.2) is 36.7 Å². The van der Waals surface area contributed by atoms with E-state index in [9.17, 15) is 9.59 Å². The van der Waals surface area contributed by atoms with E-state index in [1.165, 1.54) is 18.4 Å². The summed E-state index contributed by atoms with van der Waals surface area (Å²) in [6, 6.07) is 3.54. The second-order valence-corrected chi connectivity index (χ2v) is 4.47. The number of carboxylic acids is 1. The van der Waals surface area contributed by atoms with Crippen molar-refractivity contribution in [2.75, 3.05) is 13.7 Å². The van der Waals surface area contributed by atoms with Crippen LogP contribution in [0.2, 0.25) is 0 Å². The summed E-state index contributed by atoms with van der Waals surface area (Å²) in [5, 5.41) is 11.2. The number of carboxylic acid groups (broad SMARTS) is 1. The van der Waals surface area contributed by atoms with Gasteiger partial charge in [-0.25, -0.2) is 4.79 Å². The lowest BCUT2D eigenvalue weighted by Crippen LogP contribution is -2.37. The number of amides is 1. The third-order valence-electron chi connectivity index (χ3n) is 1.97. The predicted octanol–water partition coefficient (Wildman–Crippen LogP) is 0.886. The molecule has 0 radical (unpaired) electrons. The van der Waals surface area contributed by atoms with Crippen molar-refractivity contribution >= 4 is 23.2 Å². The first-order chi connectivity index (χ1) is 7.54. The van der Waals surface area contributed by atoms with E-state index in [4.69, 9.17) is 9.84 Å². The Bertz CT molecular complexity index is 388. The third-order valence-corrected chi connectivity index (χ3v) is 2.97. The molecule has 0 aromatic carbocycles. The number of nitrogens with one attached hydrogen (secondary N) is 1. The van der Waals surface area contributed by atoms with Crippen LogP contribution in [0.25, 0.3) is 0 Å². The lowest BCUT2D eigenvalue weighted by molar-refractivity contribution is -0.147. The number of methoxy groups -OCH3 is 1. The van der Waals surface area contributed by atoms with Crippen LogP contribution in [-0.2, 0) is 9.53 Å². The van der Waals surface area contributed by atoms with Gasteiger partial charge >= 0.3 is 5.97 Å². The molecule has 0 aliphatic carbocycles. The highest BCUT2D eigenvalue weighted by atomic mass is 32.1. The molecule has 1 rings (SSSR count). The van der Waals surface area contributed by atoms with Crippen molar-refractivity contribution in [1.82, 2.24) is 5.32 Å². The van der Waals surface area contributed by atoms with Crippen LogP contribution >= 0.6 is 11.3 Å². The Morgan fingerprint density at radius 3 is 2.69 bits per heavy atom. The van der Waals surface area contributed by atoms with Crippen molar-refractivity contribution < 1.29 is 19.4 Å². The van der Waals surface area contributed by atoms with Crippen LogP contribution in [0.4, 0.5) is 0 Å². The number of aryl methyl sites for hydroxylation is 1. The summed E-state index contributed by atoms with van der Waals surface area (Å²) in [5.41, 5.74) is 0. The zero-order valence-electron chi connectivity index (χ0n) is 9.02. The van der Waals surface area contributed by atoms with Crippen LogP contribution in [0.3, 0.4) is 0 Å². The van der Waals surface area contributed by atoms with Gasteiger partial charge in [-0.1, -0.05) is 0 Å². The first kappa shape index (κ1) is 12.7. The summed E-state index contributed by atoms with van der Waals surface area (Å²) in [6.45, 7) is 1.86. The maximum Gasteiger partial charge on any atom is 0.334 e. The molecular formula is C10H13NO4S. The van der Waals surface area contributed by atoms with Gasteiger partial charge < -0.3 is 15.2 Å². The Morgan fingerprint density at radius 1 is 1.56 bits per heavy atom. The highest BCUT2D eigenvalue weighted by Gasteiger charge is 2.17. The van der Waals surface area contributed by atoms with Gasteiger partial charge in [-0.2, -0.15) is 0 Å². The van der Waals surface area contributed by atoms with Gasteiger partial charge in [-0.3, -0.25) is 4.79 Å². The standard InChI is InChI=1S/C10H13NO4S/c1-6-3-4-8(16-6)9(12)11-5-7(15-2)10(13)14/h3-4,7H,5H2,1-2H3,(H,11,12)(H,13,14). The highest BCUT2D eigenvalue weighted by Crippen LogP contribution is 2.14. The average molecular weight is 243 g/mol. The molecule has 1 unspecified atom stereocenters. The smallest absolute Gasteiger partial charge is 0.334 e. The number of rotatable bonds is 5. The maximum atomic E-state index is 11.6. The van der Waals surface area contributed by atoms with Crippen LogP contribution in [0.1, 0.15) is 14.5 Å².